The Labute approximate surface area is 81.1 Å². The zero-order valence-corrected chi connectivity index (χ0v) is 7.99. The Morgan fingerprint density at radius 2 is 2.21 bits per heavy atom. The summed E-state index contributed by atoms with van der Waals surface area (Å²) in [6, 6.07) is -0.803. The molecule has 6 heteroatoms. The number of rotatable bonds is 3. The van der Waals surface area contributed by atoms with Crippen molar-refractivity contribution in [3.8, 4) is 0 Å². The van der Waals surface area contributed by atoms with E-state index in [1.165, 1.54) is 4.90 Å². The van der Waals surface area contributed by atoms with Crippen molar-refractivity contribution in [1.29, 1.82) is 0 Å². The average molecular weight is 208 g/mol. The molecular formula is C8H14F2N2O2. The van der Waals surface area contributed by atoms with Crippen LogP contribution in [0.3, 0.4) is 0 Å². The molecule has 0 spiro atoms. The van der Waals surface area contributed by atoms with Crippen molar-refractivity contribution >= 4 is 5.97 Å². The van der Waals surface area contributed by atoms with Crippen molar-refractivity contribution in [2.75, 3.05) is 33.2 Å². The van der Waals surface area contributed by atoms with E-state index in [0.717, 1.165) is 0 Å². The van der Waals surface area contributed by atoms with E-state index >= 15 is 0 Å². The molecule has 1 rings (SSSR count). The van der Waals surface area contributed by atoms with E-state index in [0.29, 0.717) is 19.6 Å². The Hall–Kier alpha value is -0.750. The number of carbonyl (C=O) groups is 1. The third-order valence-corrected chi connectivity index (χ3v) is 2.35. The second-order valence-corrected chi connectivity index (χ2v) is 3.50. The molecule has 0 aromatic rings. The second-order valence-electron chi connectivity index (χ2n) is 3.50. The molecule has 4 nitrogen and oxygen atoms in total. The Kier molecular flexibility index (Phi) is 3.77. The summed E-state index contributed by atoms with van der Waals surface area (Å²) in [5.41, 5.74) is 0. The van der Waals surface area contributed by atoms with Crippen molar-refractivity contribution in [1.82, 2.24) is 9.80 Å². The minimum absolute atomic E-state index is 0.308. The molecule has 82 valence electrons. The monoisotopic (exact) mass is 208 g/mol. The van der Waals surface area contributed by atoms with Crippen LogP contribution in [-0.2, 0) is 4.79 Å². The smallest absolute Gasteiger partial charge is 0.322 e. The third kappa shape index (κ3) is 2.88. The third-order valence-electron chi connectivity index (χ3n) is 2.35. The van der Waals surface area contributed by atoms with Crippen molar-refractivity contribution < 1.29 is 18.7 Å². The highest BCUT2D eigenvalue weighted by Crippen LogP contribution is 2.10. The number of hydrogen-bond acceptors (Lipinski definition) is 3. The zero-order chi connectivity index (χ0) is 10.7. The van der Waals surface area contributed by atoms with Crippen molar-refractivity contribution in [3.05, 3.63) is 0 Å². The summed E-state index contributed by atoms with van der Waals surface area (Å²) in [5.74, 6) is -1.03. The minimum atomic E-state index is -2.47. The van der Waals surface area contributed by atoms with Crippen LogP contribution in [0.5, 0.6) is 0 Å². The molecule has 0 bridgehead atoms. The van der Waals surface area contributed by atoms with Crippen LogP contribution >= 0.6 is 0 Å². The molecule has 14 heavy (non-hydrogen) atoms. The van der Waals surface area contributed by atoms with Crippen molar-refractivity contribution in [2.45, 2.75) is 12.5 Å². The molecule has 0 unspecified atom stereocenters. The topological polar surface area (TPSA) is 43.8 Å². The van der Waals surface area contributed by atoms with Crippen LogP contribution in [0.4, 0.5) is 8.78 Å². The fourth-order valence-electron chi connectivity index (χ4n) is 1.59. The van der Waals surface area contributed by atoms with Gasteiger partial charge in [-0.15, -0.1) is 0 Å². The predicted octanol–water partition coefficient (Wildman–Crippen LogP) is -0.0479. The summed E-state index contributed by atoms with van der Waals surface area (Å²) in [6.07, 6.45) is -2.47. The van der Waals surface area contributed by atoms with Crippen LogP contribution in [0.1, 0.15) is 0 Å². The van der Waals surface area contributed by atoms with E-state index in [1.54, 1.807) is 7.05 Å². The predicted molar refractivity (Wildman–Crippen MR) is 46.5 cm³/mol. The number of alkyl halides is 2. The summed E-state index contributed by atoms with van der Waals surface area (Å²) in [5, 5.41) is 8.83. The van der Waals surface area contributed by atoms with E-state index in [9.17, 15) is 13.6 Å². The van der Waals surface area contributed by atoms with Gasteiger partial charge in [-0.2, -0.15) is 0 Å². The van der Waals surface area contributed by atoms with E-state index in [1.807, 2.05) is 4.90 Å². The molecule has 1 atom stereocenters. The number of likely N-dealkylation sites (N-methyl/N-ethyl adjacent to an activating group) is 1. The fourth-order valence-corrected chi connectivity index (χ4v) is 1.59. The molecule has 0 saturated carbocycles. The van der Waals surface area contributed by atoms with Crippen LogP contribution in [-0.4, -0.2) is 66.6 Å². The number of carboxylic acids is 1. The van der Waals surface area contributed by atoms with Crippen LogP contribution in [0.25, 0.3) is 0 Å². The SMILES string of the molecule is CN1CCN(CC(F)F)[C@H](C(=O)O)C1. The van der Waals surface area contributed by atoms with Gasteiger partial charge in [-0.25, -0.2) is 8.78 Å². The van der Waals surface area contributed by atoms with Crippen LogP contribution < -0.4 is 0 Å². The van der Waals surface area contributed by atoms with Crippen molar-refractivity contribution in [3.63, 3.8) is 0 Å². The maximum absolute atomic E-state index is 12.1. The maximum atomic E-state index is 12.1. The van der Waals surface area contributed by atoms with Gasteiger partial charge in [0.05, 0.1) is 6.54 Å². The highest BCUT2D eigenvalue weighted by Gasteiger charge is 2.32. The molecule has 0 aliphatic carbocycles. The molecule has 0 aromatic heterocycles. The van der Waals surface area contributed by atoms with E-state index in [4.69, 9.17) is 5.11 Å². The van der Waals surface area contributed by atoms with Gasteiger partial charge in [0, 0.05) is 19.6 Å². The highest BCUT2D eigenvalue weighted by atomic mass is 19.3. The number of aliphatic carboxylic acids is 1. The molecule has 1 aliphatic rings. The Balaban J connectivity index is 2.58. The van der Waals surface area contributed by atoms with Gasteiger partial charge < -0.3 is 10.0 Å². The molecule has 1 aliphatic heterocycles. The van der Waals surface area contributed by atoms with Gasteiger partial charge in [-0.3, -0.25) is 9.69 Å². The lowest BCUT2D eigenvalue weighted by atomic mass is 10.2. The first-order chi connectivity index (χ1) is 6.50. The minimum Gasteiger partial charge on any atom is -0.480 e. The highest BCUT2D eigenvalue weighted by molar-refractivity contribution is 5.73. The summed E-state index contributed by atoms with van der Waals surface area (Å²) in [6.45, 7) is 0.876. The summed E-state index contributed by atoms with van der Waals surface area (Å²) in [7, 11) is 1.79. The summed E-state index contributed by atoms with van der Waals surface area (Å²) >= 11 is 0. The fraction of sp³-hybridized carbons (Fsp3) is 0.875. The standard InChI is InChI=1S/C8H14F2N2O2/c1-11-2-3-12(5-7(9)10)6(4-11)8(13)14/h6-7H,2-5H2,1H3,(H,13,14)/t6-/m0/s1. The number of halogens is 2. The summed E-state index contributed by atoms with van der Waals surface area (Å²) in [4.78, 5) is 13.9. The first-order valence-electron chi connectivity index (χ1n) is 4.44. The lowest BCUT2D eigenvalue weighted by molar-refractivity contribution is -0.146. The molecule has 1 heterocycles. The van der Waals surface area contributed by atoms with Crippen LogP contribution in [0.2, 0.25) is 0 Å². The summed E-state index contributed by atoms with van der Waals surface area (Å²) < 4.78 is 24.2. The normalized spacial score (nSPS) is 25.6. The molecule has 1 fully saturated rings. The van der Waals surface area contributed by atoms with Gasteiger partial charge in [-0.1, -0.05) is 0 Å². The van der Waals surface area contributed by atoms with E-state index < -0.39 is 25.0 Å². The first-order valence-corrected chi connectivity index (χ1v) is 4.44. The van der Waals surface area contributed by atoms with Gasteiger partial charge in [0.15, 0.2) is 0 Å². The maximum Gasteiger partial charge on any atom is 0.322 e. The van der Waals surface area contributed by atoms with Crippen molar-refractivity contribution in [2.24, 2.45) is 0 Å². The Morgan fingerprint density at radius 1 is 1.57 bits per heavy atom. The lowest BCUT2D eigenvalue weighted by Crippen LogP contribution is -2.56. The van der Waals surface area contributed by atoms with Crippen LogP contribution in [0.15, 0.2) is 0 Å². The molecule has 0 aromatic carbocycles. The lowest BCUT2D eigenvalue weighted by Gasteiger charge is -2.37. The Bertz CT molecular complexity index is 214. The van der Waals surface area contributed by atoms with E-state index in [2.05, 4.69) is 0 Å². The van der Waals surface area contributed by atoms with Gasteiger partial charge in [-0.05, 0) is 7.05 Å². The quantitative estimate of drug-likeness (QED) is 0.706. The van der Waals surface area contributed by atoms with Gasteiger partial charge in [0.25, 0.3) is 6.43 Å². The first kappa shape index (κ1) is 11.3. The van der Waals surface area contributed by atoms with Crippen LogP contribution in [0, 0.1) is 0 Å². The van der Waals surface area contributed by atoms with Gasteiger partial charge in [0.2, 0.25) is 0 Å². The molecular weight excluding hydrogens is 194 g/mol. The average Bonchev–Trinajstić information content (AvgIpc) is 2.07. The number of piperazine rings is 1. The van der Waals surface area contributed by atoms with Gasteiger partial charge in [0.1, 0.15) is 6.04 Å². The zero-order valence-electron chi connectivity index (χ0n) is 7.99. The molecule has 1 saturated heterocycles. The number of nitrogens with zero attached hydrogens (tertiary/aromatic N) is 2. The molecule has 0 amide bonds. The van der Waals surface area contributed by atoms with Gasteiger partial charge >= 0.3 is 5.97 Å². The van der Waals surface area contributed by atoms with E-state index in [-0.39, 0.29) is 0 Å². The molecule has 1 N–H and O–H groups in total. The molecule has 0 radical (unpaired) electrons. The largest absolute Gasteiger partial charge is 0.480 e. The Morgan fingerprint density at radius 3 is 2.71 bits per heavy atom. The number of hydrogen-bond donors (Lipinski definition) is 1. The second kappa shape index (κ2) is 4.65. The number of carboxylic acid groups (broad SMARTS) is 1.